The van der Waals surface area contributed by atoms with Gasteiger partial charge < -0.3 is 14.2 Å². The van der Waals surface area contributed by atoms with Crippen molar-refractivity contribution in [3.05, 3.63) is 83.2 Å². The van der Waals surface area contributed by atoms with Gasteiger partial charge in [0.15, 0.2) is 0 Å². The van der Waals surface area contributed by atoms with Crippen LogP contribution < -0.4 is 4.74 Å². The summed E-state index contributed by atoms with van der Waals surface area (Å²) in [5.41, 5.74) is 5.25. The topological polar surface area (TPSA) is 42.6 Å². The number of amidine groups is 1. The van der Waals surface area contributed by atoms with Crippen LogP contribution in [0.15, 0.2) is 65.6 Å². The third-order valence-corrected chi connectivity index (χ3v) is 5.97. The van der Waals surface area contributed by atoms with Crippen LogP contribution in [0.25, 0.3) is 11.8 Å². The molecule has 0 aliphatic carbocycles. The van der Waals surface area contributed by atoms with Crippen molar-refractivity contribution in [3.63, 3.8) is 0 Å². The maximum absolute atomic E-state index is 13.4. The van der Waals surface area contributed by atoms with Crippen LogP contribution in [0, 0.1) is 12.7 Å². The van der Waals surface area contributed by atoms with E-state index in [-0.39, 0.29) is 11.9 Å². The van der Waals surface area contributed by atoms with Crippen molar-refractivity contribution in [2.75, 3.05) is 20.7 Å². The van der Waals surface area contributed by atoms with E-state index in [4.69, 9.17) is 4.74 Å². The summed E-state index contributed by atoms with van der Waals surface area (Å²) in [4.78, 5) is 11.3. The number of imidazole rings is 1. The van der Waals surface area contributed by atoms with E-state index in [1.54, 1.807) is 13.4 Å². The lowest BCUT2D eigenvalue weighted by Crippen LogP contribution is -2.39. The molecule has 1 aromatic heterocycles. The number of rotatable bonds is 5. The van der Waals surface area contributed by atoms with Crippen molar-refractivity contribution in [2.45, 2.75) is 32.7 Å². The van der Waals surface area contributed by atoms with Gasteiger partial charge in [0.2, 0.25) is 0 Å². The second-order valence-corrected chi connectivity index (χ2v) is 8.09. The number of piperidine rings is 1. The highest BCUT2D eigenvalue weighted by Gasteiger charge is 2.26. The molecule has 0 spiro atoms. The van der Waals surface area contributed by atoms with E-state index in [2.05, 4.69) is 40.0 Å². The summed E-state index contributed by atoms with van der Waals surface area (Å²) in [7, 11) is 3.52. The molecule has 32 heavy (non-hydrogen) atoms. The molecule has 3 aromatic rings. The molecule has 1 atom stereocenters. The van der Waals surface area contributed by atoms with E-state index in [1.807, 2.05) is 42.9 Å². The Bertz CT molecular complexity index is 1150. The molecule has 0 amide bonds. The molecule has 5 nitrogen and oxygen atoms in total. The average Bonchev–Trinajstić information content (AvgIpc) is 3.24. The number of hydrogen-bond acceptors (Lipinski definition) is 3. The molecule has 1 saturated heterocycles. The van der Waals surface area contributed by atoms with Crippen LogP contribution in [0.3, 0.4) is 0 Å². The van der Waals surface area contributed by atoms with Crippen LogP contribution in [0.5, 0.6) is 5.75 Å². The number of methoxy groups -OCH3 is 1. The summed E-state index contributed by atoms with van der Waals surface area (Å²) in [6, 6.07) is 13.1. The molecule has 0 radical (unpaired) electrons. The zero-order chi connectivity index (χ0) is 22.7. The van der Waals surface area contributed by atoms with Gasteiger partial charge in [-0.2, -0.15) is 0 Å². The van der Waals surface area contributed by atoms with Crippen molar-refractivity contribution in [1.29, 1.82) is 0 Å². The number of halogens is 1. The van der Waals surface area contributed by atoms with E-state index in [0.717, 1.165) is 53.5 Å². The minimum Gasteiger partial charge on any atom is -0.495 e. The number of aromatic nitrogens is 2. The Morgan fingerprint density at radius 1 is 1.19 bits per heavy atom. The van der Waals surface area contributed by atoms with Crippen LogP contribution in [0.4, 0.5) is 4.39 Å². The molecule has 4 rings (SSSR count). The van der Waals surface area contributed by atoms with Gasteiger partial charge in [0.05, 0.1) is 30.9 Å². The molecule has 166 valence electrons. The molecule has 1 aliphatic heterocycles. The first-order chi connectivity index (χ1) is 15.5. The van der Waals surface area contributed by atoms with Crippen molar-refractivity contribution < 1.29 is 9.13 Å². The van der Waals surface area contributed by atoms with Crippen LogP contribution in [-0.4, -0.2) is 41.0 Å². The highest BCUT2D eigenvalue weighted by atomic mass is 19.1. The largest absolute Gasteiger partial charge is 0.495 e. The lowest BCUT2D eigenvalue weighted by Gasteiger charge is -2.37. The lowest BCUT2D eigenvalue weighted by atomic mass is 9.96. The van der Waals surface area contributed by atoms with Crippen LogP contribution in [0.2, 0.25) is 0 Å². The Labute approximate surface area is 188 Å². The van der Waals surface area contributed by atoms with Crippen LogP contribution in [0.1, 0.15) is 42.6 Å². The number of aliphatic imine (C=N–C) groups is 1. The van der Waals surface area contributed by atoms with Gasteiger partial charge in [-0.3, -0.25) is 4.99 Å². The van der Waals surface area contributed by atoms with E-state index < -0.39 is 0 Å². The number of hydrogen-bond donors (Lipinski definition) is 0. The van der Waals surface area contributed by atoms with E-state index in [0.29, 0.717) is 0 Å². The Hall–Kier alpha value is -3.41. The third kappa shape index (κ3) is 4.44. The second-order valence-electron chi connectivity index (χ2n) is 8.09. The fourth-order valence-electron chi connectivity index (χ4n) is 4.30. The van der Waals surface area contributed by atoms with Crippen LogP contribution >= 0.6 is 0 Å². The Kier molecular flexibility index (Phi) is 6.40. The zero-order valence-electron chi connectivity index (χ0n) is 19.0. The third-order valence-electron chi connectivity index (χ3n) is 5.97. The minimum absolute atomic E-state index is 0.111. The van der Waals surface area contributed by atoms with Crippen molar-refractivity contribution in [3.8, 4) is 11.4 Å². The Balaban J connectivity index is 1.63. The lowest BCUT2D eigenvalue weighted by molar-refractivity contribution is 0.318. The zero-order valence-corrected chi connectivity index (χ0v) is 19.0. The molecule has 2 aromatic carbocycles. The summed E-state index contributed by atoms with van der Waals surface area (Å²) < 4.78 is 21.0. The quantitative estimate of drug-likeness (QED) is 0.527. The SMILES string of the molecule is CN=C1C(=Cc2ccc(-n3cnc(C)c3)c(OC)c2)CCCN1C(C)c1ccc(F)cc1. The first kappa shape index (κ1) is 21.8. The first-order valence-corrected chi connectivity index (χ1v) is 10.9. The van der Waals surface area contributed by atoms with E-state index >= 15 is 0 Å². The summed E-state index contributed by atoms with van der Waals surface area (Å²) in [6.07, 6.45) is 7.97. The maximum atomic E-state index is 13.4. The summed E-state index contributed by atoms with van der Waals surface area (Å²) in [5, 5.41) is 0. The van der Waals surface area contributed by atoms with Crippen molar-refractivity contribution in [2.24, 2.45) is 4.99 Å². The maximum Gasteiger partial charge on any atom is 0.143 e. The number of benzene rings is 2. The molecule has 6 heteroatoms. The van der Waals surface area contributed by atoms with Crippen molar-refractivity contribution >= 4 is 11.9 Å². The standard InChI is InChI=1S/C26H29FN4O/c1-18-16-30(17-29-18)24-12-7-20(15-25(24)32-4)14-22-6-5-13-31(26(22)28-3)19(2)21-8-10-23(27)11-9-21/h7-12,14-17,19H,5-6,13H2,1-4H3. The monoisotopic (exact) mass is 432 g/mol. The highest BCUT2D eigenvalue weighted by molar-refractivity contribution is 6.03. The predicted molar refractivity (Wildman–Crippen MR) is 127 cm³/mol. The van der Waals surface area contributed by atoms with E-state index in [1.165, 1.54) is 17.7 Å². The molecular formula is C26H29FN4O. The molecular weight excluding hydrogens is 403 g/mol. The normalized spacial score (nSPS) is 17.7. The summed E-state index contributed by atoms with van der Waals surface area (Å²) in [6.45, 7) is 5.03. The van der Waals surface area contributed by atoms with Gasteiger partial charge in [-0.1, -0.05) is 18.2 Å². The molecule has 1 unspecified atom stereocenters. The second kappa shape index (κ2) is 9.39. The van der Waals surface area contributed by atoms with Gasteiger partial charge in [0.1, 0.15) is 17.4 Å². The molecule has 0 N–H and O–H groups in total. The minimum atomic E-state index is -0.215. The average molecular weight is 433 g/mol. The fourth-order valence-corrected chi connectivity index (χ4v) is 4.30. The molecule has 0 bridgehead atoms. The molecule has 1 aliphatic rings. The van der Waals surface area contributed by atoms with Gasteiger partial charge in [-0.25, -0.2) is 9.37 Å². The molecule has 1 fully saturated rings. The number of nitrogens with zero attached hydrogens (tertiary/aromatic N) is 4. The molecule has 0 saturated carbocycles. The summed E-state index contributed by atoms with van der Waals surface area (Å²) in [5.74, 6) is 1.56. The van der Waals surface area contributed by atoms with Gasteiger partial charge in [-0.15, -0.1) is 0 Å². The smallest absolute Gasteiger partial charge is 0.143 e. The number of likely N-dealkylation sites (tertiary alicyclic amines) is 1. The van der Waals surface area contributed by atoms with Crippen molar-refractivity contribution in [1.82, 2.24) is 14.5 Å². The van der Waals surface area contributed by atoms with Gasteiger partial charge in [0.25, 0.3) is 0 Å². The first-order valence-electron chi connectivity index (χ1n) is 10.9. The fraction of sp³-hybridized carbons (Fsp3) is 0.308. The van der Waals surface area contributed by atoms with Gasteiger partial charge in [-0.05, 0) is 73.7 Å². The Morgan fingerprint density at radius 3 is 2.62 bits per heavy atom. The summed E-state index contributed by atoms with van der Waals surface area (Å²) >= 11 is 0. The Morgan fingerprint density at radius 2 is 1.97 bits per heavy atom. The van der Waals surface area contributed by atoms with E-state index in [9.17, 15) is 4.39 Å². The number of ether oxygens (including phenoxy) is 1. The van der Waals surface area contributed by atoms with Gasteiger partial charge >= 0.3 is 0 Å². The molecule has 2 heterocycles. The highest BCUT2D eigenvalue weighted by Crippen LogP contribution is 2.31. The number of aryl methyl sites for hydroxylation is 1. The predicted octanol–water partition coefficient (Wildman–Crippen LogP) is 5.60. The van der Waals surface area contributed by atoms with Crippen LogP contribution in [-0.2, 0) is 0 Å². The van der Waals surface area contributed by atoms with Gasteiger partial charge in [0, 0.05) is 19.8 Å².